The maximum absolute atomic E-state index is 12.7. The highest BCUT2D eigenvalue weighted by Crippen LogP contribution is 2.34. The number of nitriles is 1. The van der Waals surface area contributed by atoms with Crippen molar-refractivity contribution in [1.29, 1.82) is 5.26 Å². The summed E-state index contributed by atoms with van der Waals surface area (Å²) in [6.07, 6.45) is -0.345. The average molecular weight is 352 g/mol. The van der Waals surface area contributed by atoms with Crippen molar-refractivity contribution in [3.05, 3.63) is 29.3 Å². The van der Waals surface area contributed by atoms with E-state index >= 15 is 0 Å². The molecule has 2 aromatic rings. The SMILES string of the molecule is Cc1c(S(=O)(=O)N[C@@H]2COCC[C@H]2O)sc2ccc(C#N)cc12. The summed E-state index contributed by atoms with van der Waals surface area (Å²) in [6.45, 7) is 2.31. The van der Waals surface area contributed by atoms with Gasteiger partial charge in [-0.25, -0.2) is 13.1 Å². The number of aryl methyl sites for hydroxylation is 1. The van der Waals surface area contributed by atoms with E-state index in [-0.39, 0.29) is 10.8 Å². The maximum atomic E-state index is 12.7. The van der Waals surface area contributed by atoms with Crippen LogP contribution in [0.5, 0.6) is 0 Å². The smallest absolute Gasteiger partial charge is 0.250 e. The van der Waals surface area contributed by atoms with Crippen molar-refractivity contribution in [3.8, 4) is 6.07 Å². The number of aliphatic hydroxyl groups excluding tert-OH is 1. The third-order valence-electron chi connectivity index (χ3n) is 3.89. The van der Waals surface area contributed by atoms with Crippen LogP contribution in [0.4, 0.5) is 0 Å². The standard InChI is InChI=1S/C15H16N2O4S2/c1-9-11-6-10(7-16)2-3-14(11)22-15(9)23(19,20)17-12-8-21-5-4-13(12)18/h2-3,6,12-13,17-18H,4-5,8H2,1H3/t12-,13-/m1/s1. The minimum Gasteiger partial charge on any atom is -0.391 e. The second kappa shape index (κ2) is 6.19. The first-order valence-electron chi connectivity index (χ1n) is 7.14. The van der Waals surface area contributed by atoms with Crippen LogP contribution >= 0.6 is 11.3 Å². The summed E-state index contributed by atoms with van der Waals surface area (Å²) in [5, 5.41) is 19.7. The number of rotatable bonds is 3. The van der Waals surface area contributed by atoms with Crippen LogP contribution in [0.3, 0.4) is 0 Å². The van der Waals surface area contributed by atoms with E-state index in [4.69, 9.17) is 10.00 Å². The number of thiophene rings is 1. The zero-order chi connectivity index (χ0) is 16.6. The van der Waals surface area contributed by atoms with Crippen molar-refractivity contribution in [2.75, 3.05) is 13.2 Å². The fourth-order valence-corrected chi connectivity index (χ4v) is 5.63. The van der Waals surface area contributed by atoms with Crippen LogP contribution in [0.1, 0.15) is 17.5 Å². The highest BCUT2D eigenvalue weighted by Gasteiger charge is 2.30. The first-order valence-corrected chi connectivity index (χ1v) is 9.44. The molecule has 1 aromatic heterocycles. The first-order chi connectivity index (χ1) is 10.9. The lowest BCUT2D eigenvalue weighted by atomic mass is 10.1. The quantitative estimate of drug-likeness (QED) is 0.872. The first kappa shape index (κ1) is 16.4. The summed E-state index contributed by atoms with van der Waals surface area (Å²) in [5.74, 6) is 0. The maximum Gasteiger partial charge on any atom is 0.250 e. The van der Waals surface area contributed by atoms with Gasteiger partial charge in [0.2, 0.25) is 0 Å². The third kappa shape index (κ3) is 3.11. The summed E-state index contributed by atoms with van der Waals surface area (Å²) in [7, 11) is -3.76. The lowest BCUT2D eigenvalue weighted by Crippen LogP contribution is -2.49. The Morgan fingerprint density at radius 2 is 2.26 bits per heavy atom. The summed E-state index contributed by atoms with van der Waals surface area (Å²) in [5.41, 5.74) is 1.10. The van der Waals surface area contributed by atoms with E-state index in [1.165, 1.54) is 0 Å². The monoisotopic (exact) mass is 352 g/mol. The number of aliphatic hydroxyl groups is 1. The van der Waals surface area contributed by atoms with Gasteiger partial charge >= 0.3 is 0 Å². The van der Waals surface area contributed by atoms with Gasteiger partial charge in [-0.3, -0.25) is 0 Å². The molecule has 3 rings (SSSR count). The molecule has 1 aliphatic rings. The molecule has 1 aromatic carbocycles. The Bertz CT molecular complexity index is 883. The molecule has 8 heteroatoms. The molecule has 1 aliphatic heterocycles. The fourth-order valence-electron chi connectivity index (χ4n) is 2.62. The second-order valence-corrected chi connectivity index (χ2v) is 8.46. The summed E-state index contributed by atoms with van der Waals surface area (Å²) in [4.78, 5) is 0. The molecule has 0 bridgehead atoms. The Labute approximate surface area is 138 Å². The molecule has 1 saturated heterocycles. The van der Waals surface area contributed by atoms with Crippen LogP contribution in [0.2, 0.25) is 0 Å². The Kier molecular flexibility index (Phi) is 4.40. The van der Waals surface area contributed by atoms with Gasteiger partial charge in [0.15, 0.2) is 0 Å². The predicted molar refractivity (Wildman–Crippen MR) is 86.8 cm³/mol. The molecule has 1 fully saturated rings. The fraction of sp³-hybridized carbons (Fsp3) is 0.400. The molecule has 0 spiro atoms. The minimum absolute atomic E-state index is 0.156. The largest absolute Gasteiger partial charge is 0.391 e. The van der Waals surface area contributed by atoms with E-state index in [9.17, 15) is 13.5 Å². The number of nitrogens with one attached hydrogen (secondary N) is 1. The van der Waals surface area contributed by atoms with Gasteiger partial charge in [-0.15, -0.1) is 11.3 Å². The molecular formula is C15H16N2O4S2. The van der Waals surface area contributed by atoms with Crippen LogP contribution in [0.25, 0.3) is 10.1 Å². The van der Waals surface area contributed by atoms with E-state index in [2.05, 4.69) is 10.8 Å². The normalized spacial score (nSPS) is 22.1. The van der Waals surface area contributed by atoms with Crippen LogP contribution in [-0.4, -0.2) is 38.9 Å². The van der Waals surface area contributed by atoms with Crippen molar-refractivity contribution in [2.45, 2.75) is 29.7 Å². The van der Waals surface area contributed by atoms with Crippen LogP contribution < -0.4 is 4.72 Å². The number of hydrogen-bond acceptors (Lipinski definition) is 6. The van der Waals surface area contributed by atoms with E-state index in [1.54, 1.807) is 25.1 Å². The molecule has 0 radical (unpaired) electrons. The molecule has 2 N–H and O–H groups in total. The molecule has 23 heavy (non-hydrogen) atoms. The topological polar surface area (TPSA) is 99.4 Å². The molecule has 2 heterocycles. The Hall–Kier alpha value is -1.50. The van der Waals surface area contributed by atoms with E-state index in [0.29, 0.717) is 24.2 Å². The van der Waals surface area contributed by atoms with Crippen molar-refractivity contribution < 1.29 is 18.3 Å². The van der Waals surface area contributed by atoms with Gasteiger partial charge in [-0.05, 0) is 42.5 Å². The van der Waals surface area contributed by atoms with E-state index in [1.807, 2.05) is 0 Å². The number of fused-ring (bicyclic) bond motifs is 1. The van der Waals surface area contributed by atoms with Crippen molar-refractivity contribution in [2.24, 2.45) is 0 Å². The predicted octanol–water partition coefficient (Wildman–Crippen LogP) is 1.51. The van der Waals surface area contributed by atoms with Crippen LogP contribution in [0.15, 0.2) is 22.4 Å². The molecule has 2 atom stereocenters. The Morgan fingerprint density at radius 3 is 2.96 bits per heavy atom. The molecule has 0 aliphatic carbocycles. The molecule has 0 amide bonds. The number of hydrogen-bond donors (Lipinski definition) is 2. The van der Waals surface area contributed by atoms with Crippen molar-refractivity contribution in [3.63, 3.8) is 0 Å². The summed E-state index contributed by atoms with van der Waals surface area (Å²) < 4.78 is 34.1. The molecular weight excluding hydrogens is 336 g/mol. The lowest BCUT2D eigenvalue weighted by molar-refractivity contribution is -0.00839. The van der Waals surface area contributed by atoms with Crippen LogP contribution in [0, 0.1) is 18.3 Å². The Morgan fingerprint density at radius 1 is 1.48 bits per heavy atom. The van der Waals surface area contributed by atoms with Gasteiger partial charge in [-0.1, -0.05) is 0 Å². The zero-order valence-corrected chi connectivity index (χ0v) is 14.1. The van der Waals surface area contributed by atoms with Gasteiger partial charge in [0.25, 0.3) is 10.0 Å². The highest BCUT2D eigenvalue weighted by atomic mass is 32.2. The molecule has 0 saturated carbocycles. The number of nitrogens with zero attached hydrogens (tertiary/aromatic N) is 1. The lowest BCUT2D eigenvalue weighted by Gasteiger charge is -2.28. The van der Waals surface area contributed by atoms with E-state index < -0.39 is 22.2 Å². The number of ether oxygens (including phenoxy) is 1. The van der Waals surface area contributed by atoms with Gasteiger partial charge in [0, 0.05) is 11.3 Å². The third-order valence-corrected chi connectivity index (χ3v) is 7.28. The molecule has 6 nitrogen and oxygen atoms in total. The highest BCUT2D eigenvalue weighted by molar-refractivity contribution is 7.91. The van der Waals surface area contributed by atoms with Gasteiger partial charge in [-0.2, -0.15) is 5.26 Å². The second-order valence-electron chi connectivity index (χ2n) is 5.50. The Balaban J connectivity index is 1.98. The van der Waals surface area contributed by atoms with E-state index in [0.717, 1.165) is 21.4 Å². The van der Waals surface area contributed by atoms with Gasteiger partial charge < -0.3 is 9.84 Å². The minimum atomic E-state index is -3.76. The summed E-state index contributed by atoms with van der Waals surface area (Å²) in [6, 6.07) is 6.52. The van der Waals surface area contributed by atoms with Crippen molar-refractivity contribution >= 4 is 31.4 Å². The number of sulfonamides is 1. The zero-order valence-electron chi connectivity index (χ0n) is 12.4. The average Bonchev–Trinajstić information content (AvgIpc) is 2.87. The van der Waals surface area contributed by atoms with Gasteiger partial charge in [0.05, 0.1) is 30.4 Å². The molecule has 122 valence electrons. The van der Waals surface area contributed by atoms with Crippen molar-refractivity contribution in [1.82, 2.24) is 4.72 Å². The molecule has 0 unspecified atom stereocenters. The number of benzene rings is 1. The van der Waals surface area contributed by atoms with Crippen LogP contribution in [-0.2, 0) is 14.8 Å². The van der Waals surface area contributed by atoms with Gasteiger partial charge in [0.1, 0.15) is 4.21 Å². The summed E-state index contributed by atoms with van der Waals surface area (Å²) >= 11 is 1.16.